The third kappa shape index (κ3) is 3.74. The molecule has 0 aromatic heterocycles. The van der Waals surface area contributed by atoms with E-state index in [0.29, 0.717) is 18.4 Å². The number of aliphatic hydroxyl groups is 3. The van der Waals surface area contributed by atoms with Crippen LogP contribution in [-0.2, 0) is 14.8 Å². The Morgan fingerprint density at radius 1 is 1.07 bits per heavy atom. The molecule has 1 unspecified atom stereocenters. The lowest BCUT2D eigenvalue weighted by molar-refractivity contribution is -0.125. The van der Waals surface area contributed by atoms with Crippen molar-refractivity contribution in [1.82, 2.24) is 4.31 Å². The highest BCUT2D eigenvalue weighted by molar-refractivity contribution is 7.88. The van der Waals surface area contributed by atoms with Crippen molar-refractivity contribution < 1.29 is 28.5 Å². The Kier molecular flexibility index (Phi) is 6.47. The lowest BCUT2D eigenvalue weighted by atomic mass is 9.41. The number of fused-ring (bicyclic) bond motifs is 4. The number of sulfonamides is 1. The fraction of sp³-hybridized carbons (Fsp3) is 0.906. The van der Waals surface area contributed by atoms with Crippen molar-refractivity contribution >= 4 is 10.0 Å². The topological polar surface area (TPSA) is 107 Å². The largest absolute Gasteiger partial charge is 0.393 e. The third-order valence-electron chi connectivity index (χ3n) is 13.5. The first kappa shape index (κ1) is 29.8. The number of aliphatic hydroxyl groups excluding tert-OH is 2. The smallest absolute Gasteiger partial charge is 0.211 e. The van der Waals surface area contributed by atoms with E-state index in [2.05, 4.69) is 34.6 Å². The van der Waals surface area contributed by atoms with Gasteiger partial charge in [0.1, 0.15) is 12.2 Å². The average Bonchev–Trinajstić information content (AvgIpc) is 3.45. The molecule has 6 rings (SSSR count). The Morgan fingerprint density at radius 2 is 1.75 bits per heavy atom. The molecule has 3 radical (unpaired) electrons. The standard InChI is InChI=1S/C32H52NO6S/c1-19-15-20(16-33(40(8,37)38)18-27(2,3)36)39-25-24(19)29(6)13-14-32-17-31(32)12-11-23(34)28(4,5)21(31)9-10-22(32)30(29,7)26(25)35/h19,21,23-24,26,34-36H,9-18H2,1-8H3/t19-,21+,23?,24+,26+,29-,30-,31-,32+/m1/s1. The molecule has 6 fully saturated rings. The Bertz CT molecular complexity index is 1150. The summed E-state index contributed by atoms with van der Waals surface area (Å²) in [7, 11) is -3.56. The molecule has 0 aromatic rings. The minimum atomic E-state index is -3.56. The van der Waals surface area contributed by atoms with Gasteiger partial charge in [-0.3, -0.25) is 0 Å². The normalized spacial score (nSPS) is 49.1. The molecule has 2 spiro atoms. The maximum absolute atomic E-state index is 12.6. The Morgan fingerprint density at radius 3 is 2.38 bits per heavy atom. The van der Waals surface area contributed by atoms with Gasteiger partial charge in [-0.2, -0.15) is 4.31 Å². The summed E-state index contributed by atoms with van der Waals surface area (Å²) in [5.41, 5.74) is -1.36. The SMILES string of the molecule is C[C@@H]1C[C](CN(CC(C)(C)O)S(C)(=O)=O)O[C]2[C@H]1[C@@]1(C)CC[C@@]34C[C@@]35CCC(O)C(C)(C)[C@@H]5CC[C]4[C@]1(C)[C@H]2O. The molecule has 5 aliphatic carbocycles. The molecule has 0 aromatic carbocycles. The number of nitrogens with zero attached hydrogens (tertiary/aromatic N) is 1. The molecule has 7 nitrogen and oxygen atoms in total. The van der Waals surface area contributed by atoms with Crippen molar-refractivity contribution in [1.29, 1.82) is 0 Å². The summed E-state index contributed by atoms with van der Waals surface area (Å²) in [5, 5.41) is 33.6. The van der Waals surface area contributed by atoms with Gasteiger partial charge in [-0.05, 0) is 105 Å². The Hall–Kier alpha value is -0.250. The zero-order valence-corrected chi connectivity index (χ0v) is 26.7. The molecule has 40 heavy (non-hydrogen) atoms. The lowest BCUT2D eigenvalue weighted by Gasteiger charge is -2.63. The summed E-state index contributed by atoms with van der Waals surface area (Å²) in [6.45, 7) is 14.8. The van der Waals surface area contributed by atoms with Crippen LogP contribution in [-0.4, -0.2) is 65.2 Å². The highest BCUT2D eigenvalue weighted by Gasteiger charge is 2.85. The molecule has 8 heteroatoms. The Balaban J connectivity index is 1.30. The van der Waals surface area contributed by atoms with Crippen LogP contribution in [0.2, 0.25) is 0 Å². The Labute approximate surface area is 242 Å². The van der Waals surface area contributed by atoms with Gasteiger partial charge in [0, 0.05) is 24.4 Å². The van der Waals surface area contributed by atoms with Crippen LogP contribution < -0.4 is 0 Å². The fourth-order valence-corrected chi connectivity index (χ4v) is 12.5. The van der Waals surface area contributed by atoms with Gasteiger partial charge in [-0.25, -0.2) is 8.42 Å². The summed E-state index contributed by atoms with van der Waals surface area (Å²) in [4.78, 5) is 0. The van der Waals surface area contributed by atoms with Crippen LogP contribution in [0.4, 0.5) is 0 Å². The molecule has 0 amide bonds. The van der Waals surface area contributed by atoms with Crippen LogP contribution in [0.25, 0.3) is 0 Å². The van der Waals surface area contributed by atoms with E-state index in [9.17, 15) is 23.7 Å². The number of rotatable bonds is 5. The molecular weight excluding hydrogens is 526 g/mol. The van der Waals surface area contributed by atoms with Crippen molar-refractivity contribution in [2.24, 2.45) is 44.8 Å². The van der Waals surface area contributed by atoms with Crippen molar-refractivity contribution in [3.63, 3.8) is 0 Å². The van der Waals surface area contributed by atoms with E-state index in [1.54, 1.807) is 19.8 Å². The quantitative estimate of drug-likeness (QED) is 0.444. The van der Waals surface area contributed by atoms with Crippen molar-refractivity contribution in [2.75, 3.05) is 19.3 Å². The summed E-state index contributed by atoms with van der Waals surface area (Å²) >= 11 is 0. The van der Waals surface area contributed by atoms with Gasteiger partial charge < -0.3 is 20.1 Å². The second-order valence-corrected chi connectivity index (χ2v) is 18.4. The first-order valence-corrected chi connectivity index (χ1v) is 17.4. The molecule has 3 N–H and O–H groups in total. The molecule has 9 atom stereocenters. The second kappa shape index (κ2) is 8.68. The van der Waals surface area contributed by atoms with E-state index in [1.807, 2.05) is 0 Å². The molecule has 6 aliphatic rings. The highest BCUT2D eigenvalue weighted by Crippen LogP contribution is 2.90. The maximum Gasteiger partial charge on any atom is 0.211 e. The van der Waals surface area contributed by atoms with Crippen LogP contribution in [0.1, 0.15) is 99.8 Å². The maximum atomic E-state index is 12.6. The number of hydrogen-bond acceptors (Lipinski definition) is 6. The van der Waals surface area contributed by atoms with Crippen LogP contribution in [0, 0.1) is 63.0 Å². The van der Waals surface area contributed by atoms with E-state index in [-0.39, 0.29) is 52.7 Å². The molecular formula is C32H52NO6S. The molecule has 227 valence electrons. The lowest BCUT2D eigenvalue weighted by Crippen LogP contribution is -2.58. The van der Waals surface area contributed by atoms with Crippen molar-refractivity contribution in [2.45, 2.75) is 118 Å². The zero-order chi connectivity index (χ0) is 29.5. The van der Waals surface area contributed by atoms with E-state index in [0.717, 1.165) is 44.6 Å². The van der Waals surface area contributed by atoms with Crippen LogP contribution in [0.15, 0.2) is 0 Å². The van der Waals surface area contributed by atoms with Crippen LogP contribution in [0.3, 0.4) is 0 Å². The molecule has 1 heterocycles. The zero-order valence-electron chi connectivity index (χ0n) is 25.9. The molecule has 1 saturated heterocycles. The van der Waals surface area contributed by atoms with E-state index in [1.165, 1.54) is 17.0 Å². The van der Waals surface area contributed by atoms with Gasteiger partial charge in [-0.15, -0.1) is 0 Å². The van der Waals surface area contributed by atoms with Gasteiger partial charge in [-0.1, -0.05) is 34.6 Å². The first-order valence-electron chi connectivity index (χ1n) is 15.5. The number of ether oxygens (including phenoxy) is 1. The predicted molar refractivity (Wildman–Crippen MR) is 153 cm³/mol. The van der Waals surface area contributed by atoms with E-state index in [4.69, 9.17) is 4.74 Å². The highest BCUT2D eigenvalue weighted by atomic mass is 32.2. The van der Waals surface area contributed by atoms with Gasteiger partial charge in [0.15, 0.2) is 0 Å². The van der Waals surface area contributed by atoms with Gasteiger partial charge in [0.25, 0.3) is 0 Å². The number of hydrogen-bond donors (Lipinski definition) is 3. The van der Waals surface area contributed by atoms with Crippen molar-refractivity contribution in [3.8, 4) is 0 Å². The van der Waals surface area contributed by atoms with Crippen molar-refractivity contribution in [3.05, 3.63) is 18.1 Å². The predicted octanol–water partition coefficient (Wildman–Crippen LogP) is 4.48. The van der Waals surface area contributed by atoms with Gasteiger partial charge in [0.2, 0.25) is 10.0 Å². The molecule has 1 aliphatic heterocycles. The second-order valence-electron chi connectivity index (χ2n) is 16.4. The summed E-state index contributed by atoms with van der Waals surface area (Å²) in [6, 6.07) is 0. The fourth-order valence-electron chi connectivity index (χ4n) is 11.5. The van der Waals surface area contributed by atoms with E-state index < -0.39 is 27.1 Å². The average molecular weight is 579 g/mol. The summed E-state index contributed by atoms with van der Waals surface area (Å²) in [6.07, 6.45) is 9.67. The molecule has 5 saturated carbocycles. The summed E-state index contributed by atoms with van der Waals surface area (Å²) in [5.74, 6) is 2.40. The minimum Gasteiger partial charge on any atom is -0.393 e. The van der Waals surface area contributed by atoms with Gasteiger partial charge >= 0.3 is 0 Å². The van der Waals surface area contributed by atoms with Crippen LogP contribution in [0.5, 0.6) is 0 Å². The van der Waals surface area contributed by atoms with E-state index >= 15 is 0 Å². The monoisotopic (exact) mass is 578 g/mol. The van der Waals surface area contributed by atoms with Crippen LogP contribution >= 0.6 is 0 Å². The summed E-state index contributed by atoms with van der Waals surface area (Å²) < 4.78 is 33.1. The van der Waals surface area contributed by atoms with Gasteiger partial charge in [0.05, 0.1) is 24.1 Å². The first-order chi connectivity index (χ1) is 18.2. The minimum absolute atomic E-state index is 0.0153. The third-order valence-corrected chi connectivity index (χ3v) is 14.6. The molecule has 0 bridgehead atoms.